The number of carboxylic acid groups (broad SMARTS) is 1. The first-order chi connectivity index (χ1) is 10.3. The topological polar surface area (TPSA) is 84.9 Å². The third kappa shape index (κ3) is 5.65. The number of methoxy groups -OCH3 is 1. The molecule has 2 N–H and O–H groups in total. The maximum Gasteiger partial charge on any atom is 0.305 e. The molecule has 0 saturated carbocycles. The van der Waals surface area contributed by atoms with Gasteiger partial charge < -0.3 is 19.9 Å². The van der Waals surface area contributed by atoms with Crippen LogP contribution in [0.25, 0.3) is 0 Å². The Balaban J connectivity index is 2.62. The Labute approximate surface area is 126 Å². The largest absolute Gasteiger partial charge is 0.481 e. The van der Waals surface area contributed by atoms with Crippen LogP contribution in [0.1, 0.15) is 13.3 Å². The van der Waals surface area contributed by atoms with Crippen LogP contribution in [0, 0.1) is 11.6 Å². The highest BCUT2D eigenvalue weighted by molar-refractivity contribution is 5.79. The molecule has 0 aromatic heterocycles. The summed E-state index contributed by atoms with van der Waals surface area (Å²) in [5.74, 6) is -3.72. The van der Waals surface area contributed by atoms with Crippen molar-refractivity contribution in [1.82, 2.24) is 5.32 Å². The SMILES string of the molecule is COCC(C)(CC(=O)O)NC(=O)COc1ccc(F)cc1F. The van der Waals surface area contributed by atoms with Crippen LogP contribution in [0.2, 0.25) is 0 Å². The Hall–Kier alpha value is -2.22. The maximum atomic E-state index is 13.3. The molecule has 8 heteroatoms. The van der Waals surface area contributed by atoms with E-state index >= 15 is 0 Å². The molecular formula is C14H17F2NO5. The number of carbonyl (C=O) groups excluding carboxylic acids is 1. The molecule has 1 rings (SSSR count). The molecule has 0 bridgehead atoms. The summed E-state index contributed by atoms with van der Waals surface area (Å²) in [6, 6.07) is 2.69. The molecule has 6 nitrogen and oxygen atoms in total. The lowest BCUT2D eigenvalue weighted by molar-refractivity contribution is -0.139. The first-order valence-corrected chi connectivity index (χ1v) is 6.35. The van der Waals surface area contributed by atoms with E-state index < -0.39 is 35.7 Å². The van der Waals surface area contributed by atoms with Crippen LogP contribution in [-0.2, 0) is 14.3 Å². The normalized spacial score (nSPS) is 13.3. The van der Waals surface area contributed by atoms with Gasteiger partial charge in [0.05, 0.1) is 18.6 Å². The fraction of sp³-hybridized carbons (Fsp3) is 0.429. The van der Waals surface area contributed by atoms with Gasteiger partial charge in [-0.25, -0.2) is 8.78 Å². The van der Waals surface area contributed by atoms with Crippen LogP contribution in [0.3, 0.4) is 0 Å². The molecular weight excluding hydrogens is 300 g/mol. The monoisotopic (exact) mass is 317 g/mol. The summed E-state index contributed by atoms with van der Waals surface area (Å²) in [5, 5.41) is 11.3. The lowest BCUT2D eigenvalue weighted by atomic mass is 9.99. The number of carbonyl (C=O) groups is 2. The molecule has 0 aliphatic rings. The maximum absolute atomic E-state index is 13.3. The van der Waals surface area contributed by atoms with Crippen LogP contribution in [0.5, 0.6) is 5.75 Å². The summed E-state index contributed by atoms with van der Waals surface area (Å²) in [6.45, 7) is 0.943. The molecule has 1 aromatic carbocycles. The van der Waals surface area contributed by atoms with Gasteiger partial charge in [-0.15, -0.1) is 0 Å². The van der Waals surface area contributed by atoms with E-state index in [2.05, 4.69) is 5.32 Å². The van der Waals surface area contributed by atoms with Gasteiger partial charge in [-0.05, 0) is 19.1 Å². The molecule has 0 saturated heterocycles. The minimum Gasteiger partial charge on any atom is -0.481 e. The van der Waals surface area contributed by atoms with E-state index in [0.29, 0.717) is 6.07 Å². The minimum absolute atomic E-state index is 0.0179. The predicted octanol–water partition coefficient (Wildman–Crippen LogP) is 1.34. The van der Waals surface area contributed by atoms with Gasteiger partial charge in [-0.1, -0.05) is 0 Å². The standard InChI is InChI=1S/C14H17F2NO5/c1-14(8-21-2,6-13(19)20)17-12(18)7-22-11-4-3-9(15)5-10(11)16/h3-5H,6-8H2,1-2H3,(H,17,18)(H,19,20). The number of rotatable bonds is 8. The summed E-state index contributed by atoms with van der Waals surface area (Å²) in [6.07, 6.45) is -0.350. The third-order valence-electron chi connectivity index (χ3n) is 2.70. The van der Waals surface area contributed by atoms with E-state index in [1.807, 2.05) is 0 Å². The Morgan fingerprint density at radius 3 is 2.59 bits per heavy atom. The number of amides is 1. The molecule has 22 heavy (non-hydrogen) atoms. The molecule has 0 radical (unpaired) electrons. The van der Waals surface area contributed by atoms with Crippen LogP contribution in [0.4, 0.5) is 8.78 Å². The second-order valence-electron chi connectivity index (χ2n) is 4.98. The highest BCUT2D eigenvalue weighted by atomic mass is 19.1. The summed E-state index contributed by atoms with van der Waals surface area (Å²) < 4.78 is 35.9. The number of ether oxygens (including phenoxy) is 2. The van der Waals surface area contributed by atoms with E-state index in [1.54, 1.807) is 0 Å². The van der Waals surface area contributed by atoms with E-state index in [-0.39, 0.29) is 18.8 Å². The molecule has 0 aliphatic carbocycles. The highest BCUT2D eigenvalue weighted by Crippen LogP contribution is 2.17. The molecule has 0 fully saturated rings. The van der Waals surface area contributed by atoms with Gasteiger partial charge in [0.1, 0.15) is 5.82 Å². The number of aliphatic carboxylic acids is 1. The summed E-state index contributed by atoms with van der Waals surface area (Å²) >= 11 is 0. The van der Waals surface area contributed by atoms with Gasteiger partial charge in [0.25, 0.3) is 5.91 Å². The average molecular weight is 317 g/mol. The fourth-order valence-electron chi connectivity index (χ4n) is 1.89. The van der Waals surface area contributed by atoms with Gasteiger partial charge in [-0.2, -0.15) is 0 Å². The van der Waals surface area contributed by atoms with Crippen molar-refractivity contribution in [3.63, 3.8) is 0 Å². The van der Waals surface area contributed by atoms with Crippen molar-refractivity contribution in [2.75, 3.05) is 20.3 Å². The van der Waals surface area contributed by atoms with Crippen molar-refractivity contribution >= 4 is 11.9 Å². The van der Waals surface area contributed by atoms with Gasteiger partial charge >= 0.3 is 5.97 Å². The Morgan fingerprint density at radius 1 is 1.36 bits per heavy atom. The lowest BCUT2D eigenvalue weighted by Gasteiger charge is -2.28. The molecule has 1 amide bonds. The van der Waals surface area contributed by atoms with E-state index in [9.17, 15) is 18.4 Å². The smallest absolute Gasteiger partial charge is 0.305 e. The zero-order valence-corrected chi connectivity index (χ0v) is 12.2. The number of carboxylic acids is 1. The third-order valence-corrected chi connectivity index (χ3v) is 2.70. The number of halogens is 2. The quantitative estimate of drug-likeness (QED) is 0.756. The second kappa shape index (κ2) is 7.69. The van der Waals surface area contributed by atoms with Gasteiger partial charge in [-0.3, -0.25) is 9.59 Å². The van der Waals surface area contributed by atoms with E-state index in [4.69, 9.17) is 14.6 Å². The van der Waals surface area contributed by atoms with Crippen LogP contribution < -0.4 is 10.1 Å². The molecule has 1 unspecified atom stereocenters. The van der Waals surface area contributed by atoms with Crippen molar-refractivity contribution < 1.29 is 33.0 Å². The minimum atomic E-state index is -1.12. The number of hydrogen-bond donors (Lipinski definition) is 2. The van der Waals surface area contributed by atoms with Crippen LogP contribution in [0.15, 0.2) is 18.2 Å². The molecule has 122 valence electrons. The Morgan fingerprint density at radius 2 is 2.05 bits per heavy atom. The van der Waals surface area contributed by atoms with Crippen molar-refractivity contribution in [2.24, 2.45) is 0 Å². The molecule has 1 aromatic rings. The highest BCUT2D eigenvalue weighted by Gasteiger charge is 2.29. The van der Waals surface area contributed by atoms with Crippen LogP contribution >= 0.6 is 0 Å². The average Bonchev–Trinajstić information content (AvgIpc) is 2.36. The Bertz CT molecular complexity index is 552. The molecule has 1 atom stereocenters. The Kier molecular flexibility index (Phi) is 6.24. The first kappa shape index (κ1) is 17.8. The van der Waals surface area contributed by atoms with E-state index in [1.165, 1.54) is 14.0 Å². The van der Waals surface area contributed by atoms with Crippen molar-refractivity contribution in [3.05, 3.63) is 29.8 Å². The number of benzene rings is 1. The number of hydrogen-bond acceptors (Lipinski definition) is 4. The van der Waals surface area contributed by atoms with Gasteiger partial charge in [0.2, 0.25) is 0 Å². The summed E-state index contributed by atoms with van der Waals surface area (Å²) in [7, 11) is 1.37. The summed E-state index contributed by atoms with van der Waals surface area (Å²) in [4.78, 5) is 22.6. The summed E-state index contributed by atoms with van der Waals surface area (Å²) in [5.41, 5.74) is -1.12. The molecule has 0 aliphatic heterocycles. The van der Waals surface area contributed by atoms with Crippen molar-refractivity contribution in [3.8, 4) is 5.75 Å². The first-order valence-electron chi connectivity index (χ1n) is 6.35. The van der Waals surface area contributed by atoms with Gasteiger partial charge in [0.15, 0.2) is 18.2 Å². The zero-order chi connectivity index (χ0) is 16.8. The van der Waals surface area contributed by atoms with Crippen LogP contribution in [-0.4, -0.2) is 42.8 Å². The number of nitrogens with one attached hydrogen (secondary N) is 1. The van der Waals surface area contributed by atoms with Gasteiger partial charge in [0, 0.05) is 13.2 Å². The van der Waals surface area contributed by atoms with Crippen molar-refractivity contribution in [2.45, 2.75) is 18.9 Å². The zero-order valence-electron chi connectivity index (χ0n) is 12.2. The lowest BCUT2D eigenvalue weighted by Crippen LogP contribution is -2.52. The second-order valence-corrected chi connectivity index (χ2v) is 4.98. The van der Waals surface area contributed by atoms with E-state index in [0.717, 1.165) is 12.1 Å². The predicted molar refractivity (Wildman–Crippen MR) is 72.5 cm³/mol. The molecule has 0 heterocycles. The molecule has 0 spiro atoms. The fourth-order valence-corrected chi connectivity index (χ4v) is 1.89. The van der Waals surface area contributed by atoms with Crippen molar-refractivity contribution in [1.29, 1.82) is 0 Å².